The Labute approximate surface area is 199 Å². The average molecular weight is 465 g/mol. The number of nitrogens with zero attached hydrogens (tertiary/aromatic N) is 2. The molecule has 0 bridgehead atoms. The third-order valence-corrected chi connectivity index (χ3v) is 8.23. The Hall–Kier alpha value is -2.73. The lowest BCUT2D eigenvalue weighted by Crippen LogP contribution is -2.37. The number of amides is 1. The molecule has 0 saturated carbocycles. The number of carbonyl (C=O) groups excluding carboxylic acids is 1. The van der Waals surface area contributed by atoms with Gasteiger partial charge in [0.2, 0.25) is 5.91 Å². The normalized spacial score (nSPS) is 15.4. The molecule has 2 aromatic heterocycles. The van der Waals surface area contributed by atoms with Crippen LogP contribution in [0.25, 0.3) is 21.3 Å². The molecule has 6 heteroatoms. The van der Waals surface area contributed by atoms with Crippen molar-refractivity contribution in [3.63, 3.8) is 0 Å². The number of carboxylic acid groups (broad SMARTS) is 1. The van der Waals surface area contributed by atoms with Crippen molar-refractivity contribution in [3.05, 3.63) is 51.5 Å². The Morgan fingerprint density at radius 2 is 1.88 bits per heavy atom. The fraction of sp³-hybridized carbons (Fsp3) is 0.444. The van der Waals surface area contributed by atoms with Crippen molar-refractivity contribution in [2.24, 2.45) is 0 Å². The van der Waals surface area contributed by atoms with E-state index in [0.717, 1.165) is 50.3 Å². The zero-order chi connectivity index (χ0) is 23.9. The lowest BCUT2D eigenvalue weighted by atomic mass is 9.70. The summed E-state index contributed by atoms with van der Waals surface area (Å²) in [6.07, 6.45) is 2.61. The predicted molar refractivity (Wildman–Crippen MR) is 134 cm³/mol. The second-order valence-electron chi connectivity index (χ2n) is 9.18. The lowest BCUT2D eigenvalue weighted by Gasteiger charge is -2.33. The van der Waals surface area contributed by atoms with Crippen molar-refractivity contribution in [1.82, 2.24) is 9.88 Å². The quantitative estimate of drug-likeness (QED) is 0.484. The average Bonchev–Trinajstić information content (AvgIpc) is 3.14. The van der Waals surface area contributed by atoms with Gasteiger partial charge in [0.15, 0.2) is 0 Å². The van der Waals surface area contributed by atoms with Crippen LogP contribution >= 0.6 is 11.3 Å². The standard InChI is InChI=1S/C27H32N2O3S/c1-6-13-27(7-2,26(31)32)24-17(4)28-25-23(22(24)19-10-8-16(3)9-11-19)20-12-14-29(18(5)30)15-21(20)33-25/h8-11H,6-7,12-15H2,1-5H3,(H,31,32). The molecule has 0 radical (unpaired) electrons. The second kappa shape index (κ2) is 8.90. The summed E-state index contributed by atoms with van der Waals surface area (Å²) in [4.78, 5) is 33.8. The van der Waals surface area contributed by atoms with Crippen molar-refractivity contribution in [1.29, 1.82) is 0 Å². The molecule has 1 unspecified atom stereocenters. The number of hydrogen-bond acceptors (Lipinski definition) is 4. The monoisotopic (exact) mass is 464 g/mol. The number of fused-ring (bicyclic) bond motifs is 3. The SMILES string of the molecule is CCCC(CC)(C(=O)O)c1c(C)nc2sc3c(c2c1-c1ccc(C)cc1)CCN(C(C)=O)C3. The number of rotatable bonds is 6. The van der Waals surface area contributed by atoms with Crippen LogP contribution in [0.2, 0.25) is 0 Å². The van der Waals surface area contributed by atoms with Crippen LogP contribution in [0, 0.1) is 13.8 Å². The van der Waals surface area contributed by atoms with Gasteiger partial charge in [-0.05, 0) is 55.4 Å². The molecule has 4 rings (SSSR count). The summed E-state index contributed by atoms with van der Waals surface area (Å²) < 4.78 is 0. The van der Waals surface area contributed by atoms with Crippen molar-refractivity contribution in [3.8, 4) is 11.1 Å². The van der Waals surface area contributed by atoms with Crippen molar-refractivity contribution in [2.75, 3.05) is 6.54 Å². The number of hydrogen-bond donors (Lipinski definition) is 1. The topological polar surface area (TPSA) is 70.5 Å². The number of carbonyl (C=O) groups is 2. The Morgan fingerprint density at radius 3 is 2.45 bits per heavy atom. The largest absolute Gasteiger partial charge is 0.481 e. The minimum atomic E-state index is -0.991. The third-order valence-electron chi connectivity index (χ3n) is 7.12. The second-order valence-corrected chi connectivity index (χ2v) is 10.3. The molecule has 0 fully saturated rings. The number of benzene rings is 1. The summed E-state index contributed by atoms with van der Waals surface area (Å²) in [5, 5.41) is 11.6. The van der Waals surface area contributed by atoms with E-state index in [9.17, 15) is 14.7 Å². The number of pyridine rings is 1. The van der Waals surface area contributed by atoms with Crippen LogP contribution in [0.15, 0.2) is 24.3 Å². The van der Waals surface area contributed by atoms with Gasteiger partial charge in [-0.15, -0.1) is 11.3 Å². The van der Waals surface area contributed by atoms with E-state index in [2.05, 4.69) is 31.2 Å². The van der Waals surface area contributed by atoms with Crippen LogP contribution in [0.5, 0.6) is 0 Å². The highest BCUT2D eigenvalue weighted by Gasteiger charge is 2.42. The van der Waals surface area contributed by atoms with Gasteiger partial charge < -0.3 is 10.0 Å². The number of thiophene rings is 1. The maximum Gasteiger partial charge on any atom is 0.314 e. The molecule has 1 aliphatic rings. The minimum absolute atomic E-state index is 0.0838. The molecule has 174 valence electrons. The van der Waals surface area contributed by atoms with Crippen LogP contribution in [0.3, 0.4) is 0 Å². The highest BCUT2D eigenvalue weighted by Crippen LogP contribution is 2.48. The first-order valence-corrected chi connectivity index (χ1v) is 12.6. The Morgan fingerprint density at radius 1 is 1.18 bits per heavy atom. The van der Waals surface area contributed by atoms with E-state index in [1.165, 1.54) is 11.1 Å². The first-order chi connectivity index (χ1) is 15.7. The van der Waals surface area contributed by atoms with Gasteiger partial charge in [-0.1, -0.05) is 50.1 Å². The number of aryl methyl sites for hydroxylation is 2. The first-order valence-electron chi connectivity index (χ1n) is 11.7. The van der Waals surface area contributed by atoms with E-state index >= 15 is 0 Å². The van der Waals surface area contributed by atoms with E-state index in [4.69, 9.17) is 4.98 Å². The molecule has 1 aromatic carbocycles. The van der Waals surface area contributed by atoms with Gasteiger partial charge >= 0.3 is 5.97 Å². The first kappa shape index (κ1) is 23.4. The van der Waals surface area contributed by atoms with Crippen molar-refractivity contribution < 1.29 is 14.7 Å². The van der Waals surface area contributed by atoms with Gasteiger partial charge in [-0.2, -0.15) is 0 Å². The summed E-state index contributed by atoms with van der Waals surface area (Å²) in [5.41, 5.74) is 5.10. The highest BCUT2D eigenvalue weighted by atomic mass is 32.1. The van der Waals surface area contributed by atoms with Crippen LogP contribution in [0.1, 0.15) is 67.3 Å². The number of aromatic nitrogens is 1. The molecule has 3 heterocycles. The summed E-state index contributed by atoms with van der Waals surface area (Å²) in [6.45, 7) is 10.9. The summed E-state index contributed by atoms with van der Waals surface area (Å²) in [7, 11) is 0. The molecule has 5 nitrogen and oxygen atoms in total. The Bertz CT molecular complexity index is 1230. The van der Waals surface area contributed by atoms with Crippen LogP contribution in [-0.2, 0) is 28.0 Å². The molecule has 0 spiro atoms. The Kier molecular flexibility index (Phi) is 6.32. The smallest absolute Gasteiger partial charge is 0.314 e. The van der Waals surface area contributed by atoms with Gasteiger partial charge in [0.1, 0.15) is 4.83 Å². The molecule has 0 aliphatic carbocycles. The van der Waals surface area contributed by atoms with Crippen molar-refractivity contribution >= 4 is 33.4 Å². The van der Waals surface area contributed by atoms with E-state index in [1.807, 2.05) is 25.7 Å². The third kappa shape index (κ3) is 3.84. The molecule has 0 saturated heterocycles. The molecule has 3 aromatic rings. The minimum Gasteiger partial charge on any atom is -0.481 e. The number of carboxylic acids is 1. The van der Waals surface area contributed by atoms with Gasteiger partial charge in [0.25, 0.3) is 0 Å². The van der Waals surface area contributed by atoms with Crippen LogP contribution < -0.4 is 0 Å². The van der Waals surface area contributed by atoms with Gasteiger partial charge in [0, 0.05) is 29.4 Å². The maximum atomic E-state index is 12.8. The molecule has 1 amide bonds. The van der Waals surface area contributed by atoms with Gasteiger partial charge in [-0.3, -0.25) is 9.59 Å². The van der Waals surface area contributed by atoms with E-state index < -0.39 is 11.4 Å². The molecular weight excluding hydrogens is 432 g/mol. The maximum absolute atomic E-state index is 12.8. The lowest BCUT2D eigenvalue weighted by molar-refractivity contribution is -0.144. The van der Waals surface area contributed by atoms with Crippen LogP contribution in [0.4, 0.5) is 0 Å². The molecule has 1 atom stereocenters. The van der Waals surface area contributed by atoms with Gasteiger partial charge in [-0.25, -0.2) is 4.98 Å². The molecule has 1 N–H and O–H groups in total. The predicted octanol–water partition coefficient (Wildman–Crippen LogP) is 6.02. The highest BCUT2D eigenvalue weighted by molar-refractivity contribution is 7.19. The summed E-state index contributed by atoms with van der Waals surface area (Å²) >= 11 is 1.64. The van der Waals surface area contributed by atoms with Crippen molar-refractivity contribution in [2.45, 2.75) is 72.3 Å². The molecule has 33 heavy (non-hydrogen) atoms. The van der Waals surface area contributed by atoms with E-state index in [0.29, 0.717) is 25.9 Å². The zero-order valence-electron chi connectivity index (χ0n) is 20.1. The molecule has 1 aliphatic heterocycles. The zero-order valence-corrected chi connectivity index (χ0v) is 20.9. The Balaban J connectivity index is 2.11. The van der Waals surface area contributed by atoms with E-state index in [-0.39, 0.29) is 5.91 Å². The van der Waals surface area contributed by atoms with Crippen LogP contribution in [-0.4, -0.2) is 33.4 Å². The fourth-order valence-corrected chi connectivity index (χ4v) is 6.66. The van der Waals surface area contributed by atoms with E-state index in [1.54, 1.807) is 18.3 Å². The summed E-state index contributed by atoms with van der Waals surface area (Å²) in [5.74, 6) is -0.697. The van der Waals surface area contributed by atoms with Gasteiger partial charge in [0.05, 0.1) is 12.0 Å². The molecular formula is C27H32N2O3S. The fourth-order valence-electron chi connectivity index (χ4n) is 5.37. The summed E-state index contributed by atoms with van der Waals surface area (Å²) in [6, 6.07) is 8.39. The number of aliphatic carboxylic acids is 1.